The standard InChI is InChI=1S/C13H14F3N3/c1-7-8(2)18-19(9(7)3)10-4-5-12(17)11(6-10)13(14,15)16/h4-6H,17H2,1-3H3. The fraction of sp³-hybridized carbons (Fsp3) is 0.308. The Balaban J connectivity index is 2.61. The van der Waals surface area contributed by atoms with Gasteiger partial charge in [0, 0.05) is 11.4 Å². The molecule has 0 atom stereocenters. The second kappa shape index (κ2) is 4.29. The van der Waals surface area contributed by atoms with Crippen LogP contribution in [-0.4, -0.2) is 9.78 Å². The molecule has 19 heavy (non-hydrogen) atoms. The first-order chi connectivity index (χ1) is 8.71. The molecule has 1 aromatic carbocycles. The van der Waals surface area contributed by atoms with Crippen molar-refractivity contribution < 1.29 is 13.2 Å². The highest BCUT2D eigenvalue weighted by atomic mass is 19.4. The number of nitrogens with zero attached hydrogens (tertiary/aromatic N) is 2. The lowest BCUT2D eigenvalue weighted by Gasteiger charge is -2.12. The average molecular weight is 269 g/mol. The number of nitrogen functional groups attached to an aromatic ring is 1. The summed E-state index contributed by atoms with van der Waals surface area (Å²) in [5.41, 5.74) is 7.19. The first-order valence-electron chi connectivity index (χ1n) is 5.71. The molecule has 0 amide bonds. The number of halogens is 3. The zero-order valence-electron chi connectivity index (χ0n) is 10.8. The van der Waals surface area contributed by atoms with Crippen LogP contribution in [0.3, 0.4) is 0 Å². The van der Waals surface area contributed by atoms with Crippen molar-refractivity contribution in [3.05, 3.63) is 40.7 Å². The van der Waals surface area contributed by atoms with Crippen LogP contribution in [0, 0.1) is 20.8 Å². The van der Waals surface area contributed by atoms with Crippen LogP contribution in [0.4, 0.5) is 18.9 Å². The Labute approximate surface area is 108 Å². The fourth-order valence-corrected chi connectivity index (χ4v) is 1.89. The van der Waals surface area contributed by atoms with Gasteiger partial charge in [0.1, 0.15) is 0 Å². The summed E-state index contributed by atoms with van der Waals surface area (Å²) in [6, 6.07) is 3.81. The van der Waals surface area contributed by atoms with Crippen molar-refractivity contribution >= 4 is 5.69 Å². The second-order valence-corrected chi connectivity index (χ2v) is 4.48. The third kappa shape index (κ3) is 2.30. The van der Waals surface area contributed by atoms with E-state index in [-0.39, 0.29) is 5.69 Å². The monoisotopic (exact) mass is 269 g/mol. The van der Waals surface area contributed by atoms with E-state index in [0.29, 0.717) is 5.69 Å². The smallest absolute Gasteiger partial charge is 0.398 e. The highest BCUT2D eigenvalue weighted by Gasteiger charge is 2.33. The lowest BCUT2D eigenvalue weighted by atomic mass is 10.1. The van der Waals surface area contributed by atoms with E-state index < -0.39 is 11.7 Å². The van der Waals surface area contributed by atoms with Crippen LogP contribution in [0.15, 0.2) is 18.2 Å². The summed E-state index contributed by atoms with van der Waals surface area (Å²) in [5, 5.41) is 4.24. The molecule has 0 bridgehead atoms. The Morgan fingerprint density at radius 2 is 1.79 bits per heavy atom. The van der Waals surface area contributed by atoms with Crippen molar-refractivity contribution in [2.75, 3.05) is 5.73 Å². The van der Waals surface area contributed by atoms with Gasteiger partial charge >= 0.3 is 6.18 Å². The Morgan fingerprint density at radius 3 is 2.26 bits per heavy atom. The molecule has 0 aliphatic rings. The first-order valence-corrected chi connectivity index (χ1v) is 5.71. The number of benzene rings is 1. The lowest BCUT2D eigenvalue weighted by molar-refractivity contribution is -0.136. The van der Waals surface area contributed by atoms with Crippen LogP contribution >= 0.6 is 0 Å². The Morgan fingerprint density at radius 1 is 1.16 bits per heavy atom. The van der Waals surface area contributed by atoms with Crippen molar-refractivity contribution in [3.8, 4) is 5.69 Å². The fourth-order valence-electron chi connectivity index (χ4n) is 1.89. The summed E-state index contributed by atoms with van der Waals surface area (Å²) in [5.74, 6) is 0. The van der Waals surface area contributed by atoms with E-state index in [4.69, 9.17) is 5.73 Å². The molecule has 0 fully saturated rings. The van der Waals surface area contributed by atoms with E-state index in [0.717, 1.165) is 23.0 Å². The van der Waals surface area contributed by atoms with E-state index >= 15 is 0 Å². The highest BCUT2D eigenvalue weighted by molar-refractivity contribution is 5.54. The maximum Gasteiger partial charge on any atom is 0.418 e. The molecule has 0 spiro atoms. The third-order valence-corrected chi connectivity index (χ3v) is 3.24. The molecule has 3 nitrogen and oxygen atoms in total. The van der Waals surface area contributed by atoms with Crippen molar-refractivity contribution in [2.24, 2.45) is 0 Å². The summed E-state index contributed by atoms with van der Waals surface area (Å²) >= 11 is 0. The van der Waals surface area contributed by atoms with E-state index in [1.807, 2.05) is 20.8 Å². The number of aromatic nitrogens is 2. The van der Waals surface area contributed by atoms with Gasteiger partial charge in [-0.15, -0.1) is 0 Å². The number of rotatable bonds is 1. The third-order valence-electron chi connectivity index (χ3n) is 3.24. The van der Waals surface area contributed by atoms with Crippen LogP contribution in [0.2, 0.25) is 0 Å². The van der Waals surface area contributed by atoms with Crippen LogP contribution in [0.25, 0.3) is 5.69 Å². The number of hydrogen-bond donors (Lipinski definition) is 1. The predicted octanol–water partition coefficient (Wildman–Crippen LogP) is 3.40. The molecule has 0 radical (unpaired) electrons. The minimum atomic E-state index is -4.47. The van der Waals surface area contributed by atoms with Gasteiger partial charge in [-0.25, -0.2) is 4.68 Å². The van der Waals surface area contributed by atoms with E-state index in [9.17, 15) is 13.2 Å². The zero-order chi connectivity index (χ0) is 14.4. The van der Waals surface area contributed by atoms with Crippen molar-refractivity contribution in [1.29, 1.82) is 0 Å². The summed E-state index contributed by atoms with van der Waals surface area (Å²) in [7, 11) is 0. The van der Waals surface area contributed by atoms with Gasteiger partial charge in [0.05, 0.1) is 16.9 Å². The molecule has 6 heteroatoms. The van der Waals surface area contributed by atoms with Crippen LogP contribution in [0.5, 0.6) is 0 Å². The van der Waals surface area contributed by atoms with E-state index in [2.05, 4.69) is 5.10 Å². The Bertz CT molecular complexity index is 627. The van der Waals surface area contributed by atoms with Gasteiger partial charge in [0.2, 0.25) is 0 Å². The zero-order valence-corrected chi connectivity index (χ0v) is 10.8. The van der Waals surface area contributed by atoms with Gasteiger partial charge in [-0.1, -0.05) is 0 Å². The molecule has 0 saturated carbocycles. The maximum atomic E-state index is 12.8. The molecule has 1 heterocycles. The van der Waals surface area contributed by atoms with Gasteiger partial charge < -0.3 is 5.73 Å². The normalized spacial score (nSPS) is 11.9. The number of hydrogen-bond acceptors (Lipinski definition) is 2. The minimum Gasteiger partial charge on any atom is -0.398 e. The quantitative estimate of drug-likeness (QED) is 0.806. The summed E-state index contributed by atoms with van der Waals surface area (Å²) in [4.78, 5) is 0. The van der Waals surface area contributed by atoms with E-state index in [1.165, 1.54) is 16.8 Å². The number of alkyl halides is 3. The van der Waals surface area contributed by atoms with Gasteiger partial charge in [0.15, 0.2) is 0 Å². The predicted molar refractivity (Wildman–Crippen MR) is 67.2 cm³/mol. The summed E-state index contributed by atoms with van der Waals surface area (Å²) in [6.45, 7) is 5.52. The second-order valence-electron chi connectivity index (χ2n) is 4.48. The molecule has 0 aliphatic carbocycles. The molecule has 0 aliphatic heterocycles. The molecule has 2 N–H and O–H groups in total. The summed E-state index contributed by atoms with van der Waals surface area (Å²) < 4.78 is 40.0. The molecular formula is C13H14F3N3. The Hall–Kier alpha value is -1.98. The van der Waals surface area contributed by atoms with Crippen molar-refractivity contribution in [3.63, 3.8) is 0 Å². The molecule has 2 rings (SSSR count). The van der Waals surface area contributed by atoms with Gasteiger partial charge in [-0.2, -0.15) is 18.3 Å². The van der Waals surface area contributed by atoms with Crippen molar-refractivity contribution in [1.82, 2.24) is 9.78 Å². The van der Waals surface area contributed by atoms with Crippen LogP contribution in [0.1, 0.15) is 22.5 Å². The topological polar surface area (TPSA) is 43.8 Å². The van der Waals surface area contributed by atoms with Gasteiger partial charge in [-0.05, 0) is 44.5 Å². The average Bonchev–Trinajstić information content (AvgIpc) is 2.56. The Kier molecular flexibility index (Phi) is 3.04. The highest BCUT2D eigenvalue weighted by Crippen LogP contribution is 2.35. The maximum absolute atomic E-state index is 12.8. The molecule has 1 aromatic heterocycles. The summed E-state index contributed by atoms with van der Waals surface area (Å²) in [6.07, 6.45) is -4.47. The van der Waals surface area contributed by atoms with Gasteiger partial charge in [0.25, 0.3) is 0 Å². The molecule has 0 saturated heterocycles. The molecule has 0 unspecified atom stereocenters. The van der Waals surface area contributed by atoms with Crippen LogP contribution in [-0.2, 0) is 6.18 Å². The lowest BCUT2D eigenvalue weighted by Crippen LogP contribution is -2.10. The van der Waals surface area contributed by atoms with Gasteiger partial charge in [-0.3, -0.25) is 0 Å². The number of anilines is 1. The molecule has 102 valence electrons. The molecule has 2 aromatic rings. The van der Waals surface area contributed by atoms with Crippen molar-refractivity contribution in [2.45, 2.75) is 26.9 Å². The SMILES string of the molecule is Cc1nn(-c2ccc(N)c(C(F)(F)F)c2)c(C)c1C. The van der Waals surface area contributed by atoms with Crippen LogP contribution < -0.4 is 5.73 Å². The van der Waals surface area contributed by atoms with E-state index in [1.54, 1.807) is 0 Å². The number of aryl methyl sites for hydroxylation is 1. The largest absolute Gasteiger partial charge is 0.418 e. The minimum absolute atomic E-state index is 0.283. The first kappa shape index (κ1) is 13.5. The molecular weight excluding hydrogens is 255 g/mol. The number of nitrogens with two attached hydrogens (primary N) is 1.